The molecule has 2 heterocycles. The van der Waals surface area contributed by atoms with Crippen LogP contribution in [-0.4, -0.2) is 4.98 Å². The van der Waals surface area contributed by atoms with Crippen molar-refractivity contribution in [3.05, 3.63) is 50.9 Å². The molecule has 2 rings (SSSR count). The Morgan fingerprint density at radius 2 is 2.20 bits per heavy atom. The number of aromatic nitrogens is 1. The molecule has 0 radical (unpaired) electrons. The summed E-state index contributed by atoms with van der Waals surface area (Å²) in [6, 6.07) is 8.24. The molecule has 0 amide bonds. The summed E-state index contributed by atoms with van der Waals surface area (Å²) in [6.07, 6.45) is 3.68. The molecule has 2 aromatic heterocycles. The van der Waals surface area contributed by atoms with E-state index in [1.165, 1.54) is 14.2 Å². The molecule has 0 aliphatic carbocycles. The molecule has 0 unspecified atom stereocenters. The Balaban J connectivity index is 1.80. The zero-order chi connectivity index (χ0) is 10.5. The van der Waals surface area contributed by atoms with Crippen LogP contribution in [0.1, 0.15) is 10.4 Å². The molecule has 0 bridgehead atoms. The van der Waals surface area contributed by atoms with E-state index in [4.69, 9.17) is 0 Å². The van der Waals surface area contributed by atoms with Gasteiger partial charge in [0.2, 0.25) is 0 Å². The second-order valence-corrected chi connectivity index (χ2v) is 5.72. The summed E-state index contributed by atoms with van der Waals surface area (Å²) in [5, 5.41) is 3.38. The van der Waals surface area contributed by atoms with Gasteiger partial charge < -0.3 is 5.32 Å². The molecule has 0 saturated heterocycles. The molecule has 0 aliphatic rings. The molecule has 0 saturated carbocycles. The number of hydrogen-bond acceptors (Lipinski definition) is 3. The highest BCUT2D eigenvalue weighted by Gasteiger charge is 1.97. The minimum atomic E-state index is 0.864. The molecule has 0 fully saturated rings. The van der Waals surface area contributed by atoms with Crippen molar-refractivity contribution in [2.75, 3.05) is 0 Å². The van der Waals surface area contributed by atoms with Gasteiger partial charge in [0.05, 0.1) is 3.79 Å². The lowest BCUT2D eigenvalue weighted by Gasteiger charge is -2.01. The number of thiophene rings is 1. The average molecular weight is 283 g/mol. The Labute approximate surface area is 101 Å². The van der Waals surface area contributed by atoms with Crippen molar-refractivity contribution in [1.29, 1.82) is 0 Å². The lowest BCUT2D eigenvalue weighted by Crippen LogP contribution is -2.11. The maximum atomic E-state index is 4.07. The van der Waals surface area contributed by atoms with E-state index in [1.54, 1.807) is 17.5 Å². The zero-order valence-corrected chi connectivity index (χ0v) is 10.5. The topological polar surface area (TPSA) is 24.9 Å². The standard InChI is InChI=1S/C11H11BrN2S/c12-11-4-3-10(15-11)8-14-7-9-2-1-5-13-6-9/h1-6,14H,7-8H2. The Kier molecular flexibility index (Phi) is 3.88. The first-order valence-corrected chi connectivity index (χ1v) is 6.29. The van der Waals surface area contributed by atoms with Gasteiger partial charge in [-0.1, -0.05) is 6.07 Å². The van der Waals surface area contributed by atoms with Crippen molar-refractivity contribution in [2.45, 2.75) is 13.1 Å². The van der Waals surface area contributed by atoms with Gasteiger partial charge in [-0.15, -0.1) is 11.3 Å². The van der Waals surface area contributed by atoms with Crippen LogP contribution in [0.5, 0.6) is 0 Å². The molecule has 15 heavy (non-hydrogen) atoms. The van der Waals surface area contributed by atoms with Crippen LogP contribution >= 0.6 is 27.3 Å². The van der Waals surface area contributed by atoms with Crippen LogP contribution in [0.2, 0.25) is 0 Å². The summed E-state index contributed by atoms with van der Waals surface area (Å²) in [4.78, 5) is 5.41. The van der Waals surface area contributed by atoms with Gasteiger partial charge in [0.25, 0.3) is 0 Å². The Bertz CT molecular complexity index is 414. The number of pyridine rings is 1. The molecule has 2 aromatic rings. The highest BCUT2D eigenvalue weighted by molar-refractivity contribution is 9.11. The molecule has 0 atom stereocenters. The van der Waals surface area contributed by atoms with Gasteiger partial charge in [0.1, 0.15) is 0 Å². The average Bonchev–Trinajstić information content (AvgIpc) is 2.66. The van der Waals surface area contributed by atoms with Crippen LogP contribution in [0.15, 0.2) is 40.4 Å². The molecular formula is C11H11BrN2S. The molecular weight excluding hydrogens is 272 g/mol. The number of halogens is 1. The largest absolute Gasteiger partial charge is 0.308 e. The van der Waals surface area contributed by atoms with Gasteiger partial charge in [-0.2, -0.15) is 0 Å². The Morgan fingerprint density at radius 1 is 1.27 bits per heavy atom. The minimum Gasteiger partial charge on any atom is -0.308 e. The van der Waals surface area contributed by atoms with Crippen LogP contribution in [0.25, 0.3) is 0 Å². The van der Waals surface area contributed by atoms with Crippen LogP contribution in [-0.2, 0) is 13.1 Å². The molecule has 0 spiro atoms. The van der Waals surface area contributed by atoms with E-state index in [9.17, 15) is 0 Å². The van der Waals surface area contributed by atoms with Crippen molar-refractivity contribution in [3.8, 4) is 0 Å². The highest BCUT2D eigenvalue weighted by Crippen LogP contribution is 2.21. The quantitative estimate of drug-likeness (QED) is 0.932. The molecule has 1 N–H and O–H groups in total. The second-order valence-electron chi connectivity index (χ2n) is 3.17. The fourth-order valence-electron chi connectivity index (χ4n) is 1.28. The molecule has 78 valence electrons. The first-order chi connectivity index (χ1) is 7.34. The predicted molar refractivity (Wildman–Crippen MR) is 66.8 cm³/mol. The van der Waals surface area contributed by atoms with Gasteiger partial charge in [-0.3, -0.25) is 4.98 Å². The van der Waals surface area contributed by atoms with Crippen molar-refractivity contribution in [1.82, 2.24) is 10.3 Å². The monoisotopic (exact) mass is 282 g/mol. The predicted octanol–water partition coefficient (Wildman–Crippen LogP) is 3.20. The van der Waals surface area contributed by atoms with Gasteiger partial charge in [0.15, 0.2) is 0 Å². The van der Waals surface area contributed by atoms with E-state index >= 15 is 0 Å². The normalized spacial score (nSPS) is 10.5. The number of hydrogen-bond donors (Lipinski definition) is 1. The SMILES string of the molecule is Brc1ccc(CNCc2cccnc2)s1. The third kappa shape index (κ3) is 3.41. The van der Waals surface area contributed by atoms with E-state index in [1.807, 2.05) is 12.3 Å². The highest BCUT2D eigenvalue weighted by atomic mass is 79.9. The number of nitrogens with one attached hydrogen (secondary N) is 1. The second kappa shape index (κ2) is 5.39. The Hall–Kier alpha value is -0.710. The fraction of sp³-hybridized carbons (Fsp3) is 0.182. The van der Waals surface area contributed by atoms with Crippen molar-refractivity contribution in [3.63, 3.8) is 0 Å². The van der Waals surface area contributed by atoms with Crippen LogP contribution in [0, 0.1) is 0 Å². The number of nitrogens with zero attached hydrogens (tertiary/aromatic N) is 1. The zero-order valence-electron chi connectivity index (χ0n) is 8.11. The van der Waals surface area contributed by atoms with Crippen LogP contribution in [0.3, 0.4) is 0 Å². The third-order valence-electron chi connectivity index (χ3n) is 1.98. The molecule has 0 aromatic carbocycles. The number of rotatable bonds is 4. The molecule has 4 heteroatoms. The van der Waals surface area contributed by atoms with E-state index in [-0.39, 0.29) is 0 Å². The lowest BCUT2D eigenvalue weighted by atomic mass is 10.3. The van der Waals surface area contributed by atoms with E-state index in [0.717, 1.165) is 13.1 Å². The smallest absolute Gasteiger partial charge is 0.0701 e. The van der Waals surface area contributed by atoms with Crippen molar-refractivity contribution in [2.24, 2.45) is 0 Å². The summed E-state index contributed by atoms with van der Waals surface area (Å²) in [5.74, 6) is 0. The minimum absolute atomic E-state index is 0.864. The lowest BCUT2D eigenvalue weighted by molar-refractivity contribution is 0.699. The summed E-state index contributed by atoms with van der Waals surface area (Å²) < 4.78 is 1.18. The van der Waals surface area contributed by atoms with E-state index < -0.39 is 0 Å². The van der Waals surface area contributed by atoms with Gasteiger partial charge in [-0.05, 0) is 39.7 Å². The summed E-state index contributed by atoms with van der Waals surface area (Å²) in [6.45, 7) is 1.77. The molecule has 2 nitrogen and oxygen atoms in total. The van der Waals surface area contributed by atoms with Gasteiger partial charge in [-0.25, -0.2) is 0 Å². The van der Waals surface area contributed by atoms with E-state index in [2.05, 4.69) is 44.4 Å². The first-order valence-electron chi connectivity index (χ1n) is 4.68. The summed E-state index contributed by atoms with van der Waals surface area (Å²) in [7, 11) is 0. The Morgan fingerprint density at radius 3 is 2.87 bits per heavy atom. The fourth-order valence-corrected chi connectivity index (χ4v) is 2.73. The van der Waals surface area contributed by atoms with E-state index in [0.29, 0.717) is 0 Å². The summed E-state index contributed by atoms with van der Waals surface area (Å²) in [5.41, 5.74) is 1.22. The van der Waals surface area contributed by atoms with Crippen molar-refractivity contribution < 1.29 is 0 Å². The first kappa shape index (κ1) is 10.8. The van der Waals surface area contributed by atoms with Crippen LogP contribution in [0.4, 0.5) is 0 Å². The maximum Gasteiger partial charge on any atom is 0.0701 e. The van der Waals surface area contributed by atoms with Gasteiger partial charge in [0, 0.05) is 30.4 Å². The summed E-state index contributed by atoms with van der Waals surface area (Å²) >= 11 is 5.21. The molecule has 0 aliphatic heterocycles. The maximum absolute atomic E-state index is 4.07. The van der Waals surface area contributed by atoms with Crippen molar-refractivity contribution >= 4 is 27.3 Å². The van der Waals surface area contributed by atoms with Gasteiger partial charge >= 0.3 is 0 Å². The van der Waals surface area contributed by atoms with Crippen LogP contribution < -0.4 is 5.32 Å². The third-order valence-corrected chi connectivity index (χ3v) is 3.60.